The maximum absolute atomic E-state index is 15.2. The predicted octanol–water partition coefficient (Wildman–Crippen LogP) is 5.60. The minimum Gasteiger partial charge on any atom is -0.449 e. The smallest absolute Gasteiger partial charge is 0.407 e. The lowest BCUT2D eigenvalue weighted by molar-refractivity contribution is -0.124. The molecule has 4 rings (SSSR count). The van der Waals surface area contributed by atoms with Crippen molar-refractivity contribution in [1.82, 2.24) is 20.9 Å². The zero-order valence-electron chi connectivity index (χ0n) is 28.3. The highest BCUT2D eigenvalue weighted by molar-refractivity contribution is 5.98. The molecule has 4 N–H and O–H groups in total. The summed E-state index contributed by atoms with van der Waals surface area (Å²) < 4.78 is 95.8. The fraction of sp³-hybridized carbons (Fsp3) is 0.429. The van der Waals surface area contributed by atoms with Gasteiger partial charge in [0.15, 0.2) is 0 Å². The number of nitrogens with one attached hydrogen (secondary N) is 4. The average molecular weight is 740 g/mol. The van der Waals surface area contributed by atoms with E-state index >= 15 is 4.39 Å². The number of morpholine rings is 1. The first kappa shape index (κ1) is 39.9. The van der Waals surface area contributed by atoms with Gasteiger partial charge in [-0.05, 0) is 54.2 Å². The van der Waals surface area contributed by atoms with Crippen molar-refractivity contribution in [2.45, 2.75) is 57.0 Å². The van der Waals surface area contributed by atoms with Crippen LogP contribution in [0.4, 0.5) is 41.6 Å². The van der Waals surface area contributed by atoms with Gasteiger partial charge in [-0.1, -0.05) is 38.1 Å². The van der Waals surface area contributed by atoms with Crippen LogP contribution in [0.5, 0.6) is 0 Å². The quantitative estimate of drug-likeness (QED) is 0.157. The van der Waals surface area contributed by atoms with Crippen LogP contribution in [0.2, 0.25) is 0 Å². The molecule has 1 aliphatic heterocycles. The summed E-state index contributed by atoms with van der Waals surface area (Å²) in [6.07, 6.45) is -4.64. The van der Waals surface area contributed by atoms with E-state index in [1.54, 1.807) is 5.32 Å². The molecule has 11 nitrogen and oxygen atoms in total. The molecule has 3 aromatic rings. The Morgan fingerprint density at radius 3 is 2.13 bits per heavy atom. The summed E-state index contributed by atoms with van der Waals surface area (Å²) in [5.41, 5.74) is 0.897. The van der Waals surface area contributed by atoms with Crippen LogP contribution in [-0.4, -0.2) is 80.4 Å². The molecule has 0 unspecified atom stereocenters. The third-order valence-corrected chi connectivity index (χ3v) is 7.89. The van der Waals surface area contributed by atoms with Crippen molar-refractivity contribution in [2.24, 2.45) is 5.92 Å². The second kappa shape index (κ2) is 18.5. The minimum absolute atomic E-state index is 0.00391. The molecule has 0 bridgehead atoms. The fourth-order valence-corrected chi connectivity index (χ4v) is 5.33. The van der Waals surface area contributed by atoms with Gasteiger partial charge < -0.3 is 35.5 Å². The number of nitrogens with zero attached hydrogens (tertiary/aromatic N) is 1. The molecule has 0 saturated carbocycles. The number of aromatic nitrogens is 1. The zero-order chi connectivity index (χ0) is 37.8. The van der Waals surface area contributed by atoms with Crippen molar-refractivity contribution in [3.8, 4) is 0 Å². The molecule has 1 saturated heterocycles. The average Bonchev–Trinajstić information content (AvgIpc) is 3.10. The van der Waals surface area contributed by atoms with Crippen molar-refractivity contribution in [1.29, 1.82) is 0 Å². The van der Waals surface area contributed by atoms with Crippen molar-refractivity contribution in [3.05, 3.63) is 95.1 Å². The molecule has 3 atom stereocenters. The van der Waals surface area contributed by atoms with Crippen LogP contribution in [-0.2, 0) is 25.4 Å². The molecule has 0 spiro atoms. The number of alkyl carbamates (subject to hydrolysis) is 2. The second-order valence-corrected chi connectivity index (χ2v) is 12.5. The molecule has 3 amide bonds. The Kier molecular flexibility index (Phi) is 14.2. The molecular formula is C35H39F6N5O6. The van der Waals surface area contributed by atoms with Crippen molar-refractivity contribution in [3.63, 3.8) is 0 Å². The highest BCUT2D eigenvalue weighted by Gasteiger charge is 2.34. The molecule has 17 heteroatoms. The molecule has 0 radical (unpaired) electrons. The highest BCUT2D eigenvalue weighted by Crippen LogP contribution is 2.31. The van der Waals surface area contributed by atoms with Gasteiger partial charge in [-0.3, -0.25) is 9.78 Å². The van der Waals surface area contributed by atoms with Gasteiger partial charge in [-0.15, -0.1) is 0 Å². The minimum atomic E-state index is -4.58. The molecule has 2 heterocycles. The van der Waals surface area contributed by atoms with Crippen molar-refractivity contribution >= 4 is 23.8 Å². The second-order valence-electron chi connectivity index (χ2n) is 12.5. The van der Waals surface area contributed by atoms with Gasteiger partial charge in [0, 0.05) is 18.0 Å². The number of rotatable bonds is 14. The molecule has 2 aromatic carbocycles. The van der Waals surface area contributed by atoms with E-state index in [0.29, 0.717) is 11.1 Å². The number of pyridine rings is 1. The van der Waals surface area contributed by atoms with Gasteiger partial charge in [0.2, 0.25) is 5.91 Å². The third-order valence-electron chi connectivity index (χ3n) is 7.89. The van der Waals surface area contributed by atoms with E-state index in [4.69, 9.17) is 14.2 Å². The van der Waals surface area contributed by atoms with Gasteiger partial charge in [-0.25, -0.2) is 22.8 Å². The Labute approximate surface area is 295 Å². The van der Waals surface area contributed by atoms with E-state index in [1.165, 1.54) is 54.7 Å². The topological polar surface area (TPSA) is 140 Å². The summed E-state index contributed by atoms with van der Waals surface area (Å²) >= 11 is 0. The maximum Gasteiger partial charge on any atom is 0.407 e. The molecule has 0 aliphatic carbocycles. The number of amides is 3. The van der Waals surface area contributed by atoms with E-state index < -0.39 is 72.4 Å². The van der Waals surface area contributed by atoms with Crippen LogP contribution < -0.4 is 21.3 Å². The van der Waals surface area contributed by atoms with E-state index in [-0.39, 0.29) is 56.4 Å². The molecular weight excluding hydrogens is 700 g/mol. The number of anilines is 1. The number of hydrogen-bond donors (Lipinski definition) is 4. The first-order chi connectivity index (χ1) is 24.7. The lowest BCUT2D eigenvalue weighted by atomic mass is 9.84. The Bertz CT molecular complexity index is 1590. The zero-order valence-corrected chi connectivity index (χ0v) is 28.3. The van der Waals surface area contributed by atoms with Crippen LogP contribution in [0.3, 0.4) is 0 Å². The maximum atomic E-state index is 15.2. The van der Waals surface area contributed by atoms with Crippen LogP contribution in [0.1, 0.15) is 42.9 Å². The van der Waals surface area contributed by atoms with E-state index in [9.17, 15) is 36.3 Å². The molecule has 1 aromatic heterocycles. The standard InChI is InChI=1S/C35H39F6N5O6/c1-20(2)16-51-34(49)46-31(30(21-3-7-23(36)8-4-21)22-5-9-24(37)10-6-22)32(47)45-29-15-42-14-28(38)27(29)12-11-26-13-43-25(17-50-26)18-52-33(48)44-19-35(39,40)41/h3-10,14-15,20,25-26,30-31,43H,11-13,16-19H2,1-2H3,(H,44,48)(H,45,47)(H,46,49)/t25-,26+,31-/m0/s1. The van der Waals surface area contributed by atoms with Crippen molar-refractivity contribution in [2.75, 3.05) is 38.2 Å². The van der Waals surface area contributed by atoms with Crippen LogP contribution >= 0.6 is 0 Å². The Balaban J connectivity index is 1.48. The van der Waals surface area contributed by atoms with E-state index in [2.05, 4.69) is 20.9 Å². The third kappa shape index (κ3) is 12.4. The number of halogens is 6. The summed E-state index contributed by atoms with van der Waals surface area (Å²) in [7, 11) is 0. The largest absolute Gasteiger partial charge is 0.449 e. The van der Waals surface area contributed by atoms with Crippen LogP contribution in [0.15, 0.2) is 60.9 Å². The van der Waals surface area contributed by atoms with E-state index in [0.717, 1.165) is 6.20 Å². The molecule has 52 heavy (non-hydrogen) atoms. The van der Waals surface area contributed by atoms with Gasteiger partial charge in [0.25, 0.3) is 0 Å². The number of alkyl halides is 3. The summed E-state index contributed by atoms with van der Waals surface area (Å²) in [4.78, 5) is 42.5. The molecule has 1 aliphatic rings. The van der Waals surface area contributed by atoms with Gasteiger partial charge >= 0.3 is 18.4 Å². The SMILES string of the molecule is CC(C)COC(=O)N[C@H](C(=O)Nc1cncc(F)c1CC[C@@H]1CN[C@H](COC(=O)NCC(F)(F)F)CO1)C(c1ccc(F)cc1)c1ccc(F)cc1. The molecule has 1 fully saturated rings. The number of carbonyl (C=O) groups excluding carboxylic acids is 3. The summed E-state index contributed by atoms with van der Waals surface area (Å²) in [6.45, 7) is 2.21. The van der Waals surface area contributed by atoms with Crippen LogP contribution in [0.25, 0.3) is 0 Å². The van der Waals surface area contributed by atoms with Gasteiger partial charge in [0.05, 0.1) is 43.4 Å². The molecule has 282 valence electrons. The number of carbonyl (C=O) groups is 3. The van der Waals surface area contributed by atoms with Crippen molar-refractivity contribution < 1.29 is 54.9 Å². The monoisotopic (exact) mass is 739 g/mol. The normalized spacial score (nSPS) is 16.7. The Morgan fingerprint density at radius 1 is 0.942 bits per heavy atom. The number of benzene rings is 2. The highest BCUT2D eigenvalue weighted by atomic mass is 19.4. The number of ether oxygens (including phenoxy) is 3. The first-order valence-electron chi connectivity index (χ1n) is 16.4. The lowest BCUT2D eigenvalue weighted by Crippen LogP contribution is -2.49. The summed E-state index contributed by atoms with van der Waals surface area (Å²) in [6, 6.07) is 8.51. The van der Waals surface area contributed by atoms with Gasteiger partial charge in [0.1, 0.15) is 36.6 Å². The van der Waals surface area contributed by atoms with Crippen LogP contribution in [0, 0.1) is 23.4 Å². The fourth-order valence-electron chi connectivity index (χ4n) is 5.33. The summed E-state index contributed by atoms with van der Waals surface area (Å²) in [5, 5.41) is 9.92. The van der Waals surface area contributed by atoms with E-state index in [1.807, 2.05) is 13.8 Å². The summed E-state index contributed by atoms with van der Waals surface area (Å²) in [5.74, 6) is -3.62. The lowest BCUT2D eigenvalue weighted by Gasteiger charge is -2.30. The Hall–Kier alpha value is -4.90. The van der Waals surface area contributed by atoms with Gasteiger partial charge in [-0.2, -0.15) is 13.2 Å². The Morgan fingerprint density at radius 2 is 1.58 bits per heavy atom. The number of hydrogen-bond acceptors (Lipinski definition) is 8. The first-order valence-corrected chi connectivity index (χ1v) is 16.4. The predicted molar refractivity (Wildman–Crippen MR) is 176 cm³/mol.